The first-order valence-electron chi connectivity index (χ1n) is 7.43. The minimum atomic E-state index is -0.112. The van der Waals surface area contributed by atoms with Crippen LogP contribution in [0, 0.1) is 5.92 Å². The van der Waals surface area contributed by atoms with E-state index in [1.807, 2.05) is 7.11 Å². The van der Waals surface area contributed by atoms with E-state index in [1.54, 1.807) is 0 Å². The molecule has 1 aliphatic heterocycles. The lowest BCUT2D eigenvalue weighted by atomic mass is 9.91. The minimum absolute atomic E-state index is 0.112. The van der Waals surface area contributed by atoms with Gasteiger partial charge in [0, 0.05) is 25.7 Å². The summed E-state index contributed by atoms with van der Waals surface area (Å²) in [7, 11) is 1.81. The van der Waals surface area contributed by atoms with Gasteiger partial charge in [0.25, 0.3) is 0 Å². The summed E-state index contributed by atoms with van der Waals surface area (Å²) in [6, 6.07) is 1.09. The molecule has 0 aliphatic carbocycles. The standard InChI is InChI=1S/C15H32N2O/c1-7-16-14(15(4,5)18-6)11-17-9-8-12(2)10-13(17)3/h12-14,16H,7-11H2,1-6H3. The largest absolute Gasteiger partial charge is 0.377 e. The molecule has 0 aromatic rings. The maximum absolute atomic E-state index is 5.66. The fourth-order valence-corrected chi connectivity index (χ4v) is 2.88. The van der Waals surface area contributed by atoms with E-state index in [0.717, 1.165) is 19.0 Å². The highest BCUT2D eigenvalue weighted by molar-refractivity contribution is 4.90. The quantitative estimate of drug-likeness (QED) is 0.790. The van der Waals surface area contributed by atoms with Crippen LogP contribution in [-0.4, -0.2) is 49.3 Å². The van der Waals surface area contributed by atoms with Gasteiger partial charge in [0.1, 0.15) is 0 Å². The van der Waals surface area contributed by atoms with Crippen LogP contribution in [0.2, 0.25) is 0 Å². The van der Waals surface area contributed by atoms with E-state index < -0.39 is 0 Å². The van der Waals surface area contributed by atoms with Gasteiger partial charge in [-0.15, -0.1) is 0 Å². The molecule has 1 rings (SSSR count). The Morgan fingerprint density at radius 2 is 2.06 bits per heavy atom. The van der Waals surface area contributed by atoms with Gasteiger partial charge in [-0.05, 0) is 52.6 Å². The molecule has 0 saturated carbocycles. The molecule has 1 saturated heterocycles. The topological polar surface area (TPSA) is 24.5 Å². The fourth-order valence-electron chi connectivity index (χ4n) is 2.88. The summed E-state index contributed by atoms with van der Waals surface area (Å²) in [5.74, 6) is 0.879. The van der Waals surface area contributed by atoms with Crippen LogP contribution in [0.25, 0.3) is 0 Å². The van der Waals surface area contributed by atoms with Crippen molar-refractivity contribution in [1.29, 1.82) is 0 Å². The Morgan fingerprint density at radius 3 is 2.56 bits per heavy atom. The number of ether oxygens (including phenoxy) is 1. The second kappa shape index (κ2) is 6.88. The number of rotatable bonds is 6. The summed E-state index contributed by atoms with van der Waals surface area (Å²) in [6.45, 7) is 14.6. The summed E-state index contributed by atoms with van der Waals surface area (Å²) < 4.78 is 5.66. The molecule has 108 valence electrons. The van der Waals surface area contributed by atoms with E-state index in [4.69, 9.17) is 4.74 Å². The highest BCUT2D eigenvalue weighted by atomic mass is 16.5. The van der Waals surface area contributed by atoms with Crippen LogP contribution in [0.4, 0.5) is 0 Å². The highest BCUT2D eigenvalue weighted by Crippen LogP contribution is 2.24. The Bertz CT molecular complexity index is 243. The van der Waals surface area contributed by atoms with E-state index in [0.29, 0.717) is 12.1 Å². The zero-order valence-electron chi connectivity index (χ0n) is 13.1. The molecule has 0 amide bonds. The lowest BCUT2D eigenvalue weighted by Gasteiger charge is -2.42. The molecule has 0 aromatic heterocycles. The second-order valence-electron chi connectivity index (χ2n) is 6.39. The Morgan fingerprint density at radius 1 is 1.39 bits per heavy atom. The van der Waals surface area contributed by atoms with Crippen molar-refractivity contribution in [3.05, 3.63) is 0 Å². The number of hydrogen-bond donors (Lipinski definition) is 1. The Hall–Kier alpha value is -0.120. The van der Waals surface area contributed by atoms with Gasteiger partial charge in [0.15, 0.2) is 0 Å². The summed E-state index contributed by atoms with van der Waals surface area (Å²) in [6.07, 6.45) is 2.66. The predicted molar refractivity (Wildman–Crippen MR) is 78.0 cm³/mol. The molecule has 3 atom stereocenters. The first-order chi connectivity index (χ1) is 8.40. The number of likely N-dealkylation sites (tertiary alicyclic amines) is 1. The molecule has 3 nitrogen and oxygen atoms in total. The Balaban J connectivity index is 2.60. The van der Waals surface area contributed by atoms with E-state index in [9.17, 15) is 0 Å². The van der Waals surface area contributed by atoms with E-state index >= 15 is 0 Å². The fraction of sp³-hybridized carbons (Fsp3) is 1.00. The van der Waals surface area contributed by atoms with Gasteiger partial charge in [-0.3, -0.25) is 4.90 Å². The number of nitrogens with zero attached hydrogens (tertiary/aromatic N) is 1. The van der Waals surface area contributed by atoms with Gasteiger partial charge in [-0.25, -0.2) is 0 Å². The minimum Gasteiger partial charge on any atom is -0.377 e. The molecule has 3 heteroatoms. The lowest BCUT2D eigenvalue weighted by molar-refractivity contribution is -0.0268. The molecule has 0 spiro atoms. The van der Waals surface area contributed by atoms with Crippen molar-refractivity contribution in [2.75, 3.05) is 26.7 Å². The third kappa shape index (κ3) is 4.22. The molecule has 0 radical (unpaired) electrons. The number of piperidine rings is 1. The number of hydrogen-bond acceptors (Lipinski definition) is 3. The molecule has 1 aliphatic rings. The third-order valence-electron chi connectivity index (χ3n) is 4.51. The molecule has 18 heavy (non-hydrogen) atoms. The third-order valence-corrected chi connectivity index (χ3v) is 4.51. The van der Waals surface area contributed by atoms with Crippen molar-refractivity contribution in [3.8, 4) is 0 Å². The van der Waals surface area contributed by atoms with Crippen LogP contribution in [0.3, 0.4) is 0 Å². The molecule has 1 heterocycles. The second-order valence-corrected chi connectivity index (χ2v) is 6.39. The normalized spacial score (nSPS) is 28.3. The number of nitrogens with one attached hydrogen (secondary N) is 1. The van der Waals surface area contributed by atoms with Crippen LogP contribution in [0.1, 0.15) is 47.5 Å². The zero-order chi connectivity index (χ0) is 13.8. The van der Waals surface area contributed by atoms with E-state index in [2.05, 4.69) is 44.8 Å². The Labute approximate surface area is 113 Å². The summed E-state index contributed by atoms with van der Waals surface area (Å²) in [5, 5.41) is 3.59. The van der Waals surface area contributed by atoms with Gasteiger partial charge in [-0.1, -0.05) is 13.8 Å². The molecule has 0 bridgehead atoms. The Kier molecular flexibility index (Phi) is 6.09. The highest BCUT2D eigenvalue weighted by Gasteiger charge is 2.32. The molecule has 1 fully saturated rings. The zero-order valence-corrected chi connectivity index (χ0v) is 13.1. The van der Waals surface area contributed by atoms with Crippen molar-refractivity contribution < 1.29 is 4.74 Å². The SMILES string of the molecule is CCNC(CN1CCC(C)CC1C)C(C)(C)OC. The van der Waals surface area contributed by atoms with Gasteiger partial charge < -0.3 is 10.1 Å². The first-order valence-corrected chi connectivity index (χ1v) is 7.43. The lowest BCUT2D eigenvalue weighted by Crippen LogP contribution is -2.56. The maximum atomic E-state index is 5.66. The first kappa shape index (κ1) is 15.9. The van der Waals surface area contributed by atoms with Crippen molar-refractivity contribution in [2.24, 2.45) is 5.92 Å². The van der Waals surface area contributed by atoms with Crippen molar-refractivity contribution in [1.82, 2.24) is 10.2 Å². The monoisotopic (exact) mass is 256 g/mol. The molecule has 0 aromatic carbocycles. The van der Waals surface area contributed by atoms with Crippen molar-refractivity contribution in [3.63, 3.8) is 0 Å². The van der Waals surface area contributed by atoms with Gasteiger partial charge >= 0.3 is 0 Å². The smallest absolute Gasteiger partial charge is 0.0787 e. The average molecular weight is 256 g/mol. The summed E-state index contributed by atoms with van der Waals surface area (Å²) in [5.41, 5.74) is -0.112. The van der Waals surface area contributed by atoms with Crippen LogP contribution >= 0.6 is 0 Å². The van der Waals surface area contributed by atoms with Crippen molar-refractivity contribution >= 4 is 0 Å². The van der Waals surface area contributed by atoms with Crippen molar-refractivity contribution in [2.45, 2.75) is 65.1 Å². The van der Waals surface area contributed by atoms with Gasteiger partial charge in [0.2, 0.25) is 0 Å². The van der Waals surface area contributed by atoms with E-state index in [-0.39, 0.29) is 5.60 Å². The van der Waals surface area contributed by atoms with Crippen LogP contribution in [0.15, 0.2) is 0 Å². The average Bonchev–Trinajstić information content (AvgIpc) is 2.31. The summed E-state index contributed by atoms with van der Waals surface area (Å²) in [4.78, 5) is 2.62. The van der Waals surface area contributed by atoms with Crippen LogP contribution in [-0.2, 0) is 4.74 Å². The van der Waals surface area contributed by atoms with Gasteiger partial charge in [0.05, 0.1) is 5.60 Å². The predicted octanol–water partition coefficient (Wildman–Crippen LogP) is 2.51. The summed E-state index contributed by atoms with van der Waals surface area (Å²) >= 11 is 0. The van der Waals surface area contributed by atoms with Crippen LogP contribution in [0.5, 0.6) is 0 Å². The molecule has 1 N–H and O–H groups in total. The molecular weight excluding hydrogens is 224 g/mol. The van der Waals surface area contributed by atoms with Gasteiger partial charge in [-0.2, -0.15) is 0 Å². The molecular formula is C15H32N2O. The molecule has 3 unspecified atom stereocenters. The number of likely N-dealkylation sites (N-methyl/N-ethyl adjacent to an activating group) is 1. The maximum Gasteiger partial charge on any atom is 0.0787 e. The van der Waals surface area contributed by atoms with Crippen LogP contribution < -0.4 is 5.32 Å². The van der Waals surface area contributed by atoms with E-state index in [1.165, 1.54) is 19.4 Å². The number of methoxy groups -OCH3 is 1.